The van der Waals surface area contributed by atoms with Gasteiger partial charge in [-0.15, -0.1) is 0 Å². The molecule has 0 amide bonds. The summed E-state index contributed by atoms with van der Waals surface area (Å²) in [5.41, 5.74) is 0.292. The van der Waals surface area contributed by atoms with E-state index in [1.165, 1.54) is 12.1 Å². The highest BCUT2D eigenvalue weighted by Crippen LogP contribution is 2.24. The first kappa shape index (κ1) is 11.5. The SMILES string of the molecule is Cc1cccc(C(=O)O)c1OS(C)(=O)=O. The summed E-state index contributed by atoms with van der Waals surface area (Å²) in [6.45, 7) is 1.58. The molecule has 0 saturated heterocycles. The number of rotatable bonds is 3. The summed E-state index contributed by atoms with van der Waals surface area (Å²) in [6, 6.07) is 4.39. The Hall–Kier alpha value is -1.56. The summed E-state index contributed by atoms with van der Waals surface area (Å²) in [4.78, 5) is 10.8. The van der Waals surface area contributed by atoms with E-state index in [4.69, 9.17) is 5.11 Å². The second kappa shape index (κ2) is 3.90. The number of hydrogen-bond donors (Lipinski definition) is 1. The summed E-state index contributed by atoms with van der Waals surface area (Å²) < 4.78 is 26.4. The van der Waals surface area contributed by atoms with Crippen LogP contribution in [0.1, 0.15) is 15.9 Å². The van der Waals surface area contributed by atoms with Crippen molar-refractivity contribution in [2.45, 2.75) is 6.92 Å². The highest BCUT2D eigenvalue weighted by atomic mass is 32.2. The van der Waals surface area contributed by atoms with E-state index in [-0.39, 0.29) is 11.3 Å². The highest BCUT2D eigenvalue weighted by molar-refractivity contribution is 7.86. The number of benzene rings is 1. The molecule has 1 aromatic rings. The quantitative estimate of drug-likeness (QED) is 0.784. The number of aryl methyl sites for hydroxylation is 1. The molecule has 1 rings (SSSR count). The molecule has 0 radical (unpaired) electrons. The van der Waals surface area contributed by atoms with Crippen molar-refractivity contribution in [1.82, 2.24) is 0 Å². The van der Waals surface area contributed by atoms with Gasteiger partial charge >= 0.3 is 16.1 Å². The molecule has 6 heteroatoms. The van der Waals surface area contributed by atoms with Crippen LogP contribution in [0.5, 0.6) is 5.75 Å². The van der Waals surface area contributed by atoms with Crippen LogP contribution in [0.15, 0.2) is 18.2 Å². The fourth-order valence-corrected chi connectivity index (χ4v) is 1.61. The Morgan fingerprint density at radius 1 is 1.40 bits per heavy atom. The Labute approximate surface area is 87.4 Å². The van der Waals surface area contributed by atoms with Crippen molar-refractivity contribution < 1.29 is 22.5 Å². The molecule has 5 nitrogen and oxygen atoms in total. The minimum atomic E-state index is -3.72. The van der Waals surface area contributed by atoms with Gasteiger partial charge in [0.05, 0.1) is 6.26 Å². The maximum Gasteiger partial charge on any atom is 0.339 e. The number of aromatic carboxylic acids is 1. The smallest absolute Gasteiger partial charge is 0.339 e. The van der Waals surface area contributed by atoms with E-state index in [0.29, 0.717) is 5.56 Å². The van der Waals surface area contributed by atoms with E-state index < -0.39 is 16.1 Å². The van der Waals surface area contributed by atoms with Crippen molar-refractivity contribution in [3.05, 3.63) is 29.3 Å². The largest absolute Gasteiger partial charge is 0.478 e. The van der Waals surface area contributed by atoms with Gasteiger partial charge in [0, 0.05) is 0 Å². The van der Waals surface area contributed by atoms with Crippen LogP contribution >= 0.6 is 0 Å². The lowest BCUT2D eigenvalue weighted by atomic mass is 10.1. The van der Waals surface area contributed by atoms with Crippen LogP contribution < -0.4 is 4.18 Å². The van der Waals surface area contributed by atoms with Gasteiger partial charge in [-0.1, -0.05) is 12.1 Å². The molecule has 1 N–H and O–H groups in total. The third-order valence-electron chi connectivity index (χ3n) is 1.68. The monoisotopic (exact) mass is 230 g/mol. The van der Waals surface area contributed by atoms with Gasteiger partial charge in [-0.3, -0.25) is 0 Å². The molecule has 82 valence electrons. The van der Waals surface area contributed by atoms with Gasteiger partial charge in [0.2, 0.25) is 0 Å². The molecule has 0 fully saturated rings. The second-order valence-electron chi connectivity index (χ2n) is 3.04. The molecular weight excluding hydrogens is 220 g/mol. The lowest BCUT2D eigenvalue weighted by Gasteiger charge is -2.08. The third kappa shape index (κ3) is 2.95. The van der Waals surface area contributed by atoms with E-state index >= 15 is 0 Å². The first-order valence-corrected chi connectivity index (χ1v) is 5.85. The maximum atomic E-state index is 10.9. The van der Waals surface area contributed by atoms with Crippen molar-refractivity contribution in [3.8, 4) is 5.75 Å². The number of carboxylic acid groups (broad SMARTS) is 1. The highest BCUT2D eigenvalue weighted by Gasteiger charge is 2.16. The van der Waals surface area contributed by atoms with Gasteiger partial charge in [0.1, 0.15) is 5.56 Å². The van der Waals surface area contributed by atoms with Gasteiger partial charge in [-0.25, -0.2) is 4.79 Å². The van der Waals surface area contributed by atoms with Crippen LogP contribution in [0.2, 0.25) is 0 Å². The zero-order valence-electron chi connectivity index (χ0n) is 8.22. The van der Waals surface area contributed by atoms with Crippen LogP contribution in [-0.2, 0) is 10.1 Å². The standard InChI is InChI=1S/C9H10O5S/c1-6-4-3-5-7(9(10)11)8(6)14-15(2,12)13/h3-5H,1-2H3,(H,10,11). The molecule has 0 heterocycles. The Morgan fingerprint density at radius 3 is 2.47 bits per heavy atom. The molecule has 0 spiro atoms. The minimum Gasteiger partial charge on any atom is -0.478 e. The molecule has 0 aliphatic heterocycles. The zero-order chi connectivity index (χ0) is 11.6. The molecule has 0 aromatic heterocycles. The van der Waals surface area contributed by atoms with Crippen LogP contribution in [-0.4, -0.2) is 25.7 Å². The number of hydrogen-bond acceptors (Lipinski definition) is 4. The van der Waals surface area contributed by atoms with Gasteiger partial charge in [0.15, 0.2) is 5.75 Å². The van der Waals surface area contributed by atoms with Gasteiger partial charge in [-0.2, -0.15) is 8.42 Å². The van der Waals surface area contributed by atoms with E-state index in [2.05, 4.69) is 4.18 Å². The predicted octanol–water partition coefficient (Wildman–Crippen LogP) is 1.03. The summed E-state index contributed by atoms with van der Waals surface area (Å²) in [6.07, 6.45) is 0.866. The van der Waals surface area contributed by atoms with E-state index in [1.807, 2.05) is 0 Å². The molecule has 0 atom stereocenters. The Morgan fingerprint density at radius 2 is 2.00 bits per heavy atom. The van der Waals surface area contributed by atoms with Gasteiger partial charge in [-0.05, 0) is 18.6 Å². The van der Waals surface area contributed by atoms with E-state index in [9.17, 15) is 13.2 Å². The summed E-state index contributed by atoms with van der Waals surface area (Å²) in [5.74, 6) is -1.36. The van der Waals surface area contributed by atoms with Crippen molar-refractivity contribution in [2.75, 3.05) is 6.26 Å². The third-order valence-corrected chi connectivity index (χ3v) is 2.15. The topological polar surface area (TPSA) is 80.7 Å². The van der Waals surface area contributed by atoms with Crippen molar-refractivity contribution in [2.24, 2.45) is 0 Å². The molecular formula is C9H10O5S. The predicted molar refractivity (Wildman–Crippen MR) is 53.6 cm³/mol. The van der Waals surface area contributed by atoms with Crippen LogP contribution in [0, 0.1) is 6.92 Å². The van der Waals surface area contributed by atoms with Crippen LogP contribution in [0.3, 0.4) is 0 Å². The molecule has 15 heavy (non-hydrogen) atoms. The average Bonchev–Trinajstić information content (AvgIpc) is 2.05. The fourth-order valence-electron chi connectivity index (χ4n) is 1.08. The van der Waals surface area contributed by atoms with Crippen LogP contribution in [0.4, 0.5) is 0 Å². The number of carboxylic acids is 1. The molecule has 1 aromatic carbocycles. The van der Waals surface area contributed by atoms with Gasteiger partial charge < -0.3 is 9.29 Å². The first-order valence-electron chi connectivity index (χ1n) is 4.03. The Bertz CT molecular complexity index is 489. The Kier molecular flexibility index (Phi) is 2.99. The molecule has 0 unspecified atom stereocenters. The summed E-state index contributed by atoms with van der Waals surface area (Å²) in [7, 11) is -3.72. The minimum absolute atomic E-state index is 0.132. The maximum absolute atomic E-state index is 10.9. The molecule has 0 aliphatic rings. The zero-order valence-corrected chi connectivity index (χ0v) is 9.04. The summed E-state index contributed by atoms with van der Waals surface area (Å²) >= 11 is 0. The van der Waals surface area contributed by atoms with Crippen molar-refractivity contribution in [1.29, 1.82) is 0 Å². The fraction of sp³-hybridized carbons (Fsp3) is 0.222. The average molecular weight is 230 g/mol. The lowest BCUT2D eigenvalue weighted by Crippen LogP contribution is -2.10. The first-order chi connectivity index (χ1) is 6.81. The van der Waals surface area contributed by atoms with Gasteiger partial charge in [0.25, 0.3) is 0 Å². The lowest BCUT2D eigenvalue weighted by molar-refractivity contribution is 0.0695. The van der Waals surface area contributed by atoms with Crippen molar-refractivity contribution in [3.63, 3.8) is 0 Å². The molecule has 0 aliphatic carbocycles. The molecule has 0 saturated carbocycles. The normalized spacial score (nSPS) is 11.1. The van der Waals surface area contributed by atoms with Crippen molar-refractivity contribution >= 4 is 16.1 Å². The van der Waals surface area contributed by atoms with E-state index in [1.54, 1.807) is 13.0 Å². The molecule has 0 bridgehead atoms. The number of carbonyl (C=O) groups is 1. The number of para-hydroxylation sites is 1. The van der Waals surface area contributed by atoms with Crippen LogP contribution in [0.25, 0.3) is 0 Å². The Balaban J connectivity index is 3.32. The van der Waals surface area contributed by atoms with E-state index in [0.717, 1.165) is 6.26 Å². The summed E-state index contributed by atoms with van der Waals surface area (Å²) in [5, 5.41) is 8.81. The second-order valence-corrected chi connectivity index (χ2v) is 4.62.